The third-order valence-electron chi connectivity index (χ3n) is 5.66. The molecule has 178 valence electrons. The van der Waals surface area contributed by atoms with Crippen molar-refractivity contribution >= 4 is 41.0 Å². The second-order valence-electron chi connectivity index (χ2n) is 7.95. The smallest absolute Gasteiger partial charge is 0.136 e. The van der Waals surface area contributed by atoms with Gasteiger partial charge in [-0.2, -0.15) is 0 Å². The molecule has 0 bridgehead atoms. The van der Waals surface area contributed by atoms with Gasteiger partial charge in [0, 0.05) is 23.3 Å². The Balaban J connectivity index is 1.71. The van der Waals surface area contributed by atoms with Crippen LogP contribution < -0.4 is 9.47 Å². The van der Waals surface area contributed by atoms with Gasteiger partial charge in [0.15, 0.2) is 0 Å². The van der Waals surface area contributed by atoms with Crippen LogP contribution >= 0.6 is 0 Å². The predicted octanol–water partition coefficient (Wildman–Crippen LogP) is 5.62. The fourth-order valence-corrected chi connectivity index (χ4v) is 7.46. The van der Waals surface area contributed by atoms with Crippen LogP contribution in [0.5, 0.6) is 11.5 Å². The van der Waals surface area contributed by atoms with Gasteiger partial charge in [0.05, 0.1) is 56.6 Å². The third-order valence-corrected chi connectivity index (χ3v) is 9.37. The molecule has 0 aromatic heterocycles. The molecule has 8 heteroatoms. The highest BCUT2D eigenvalue weighted by Gasteiger charge is 2.18. The van der Waals surface area contributed by atoms with Crippen molar-refractivity contribution in [2.24, 2.45) is 8.73 Å². The largest absolute Gasteiger partial charge is 0.495 e. The van der Waals surface area contributed by atoms with E-state index in [4.69, 9.17) is 9.47 Å². The number of benzene rings is 4. The summed E-state index contributed by atoms with van der Waals surface area (Å²) in [5.74, 6) is 1.07. The Bertz CT molecular complexity index is 1490. The Morgan fingerprint density at radius 1 is 0.618 bits per heavy atom. The van der Waals surface area contributed by atoms with E-state index in [1.54, 1.807) is 26.7 Å². The lowest BCUT2D eigenvalue weighted by Crippen LogP contribution is -2.06. The Hall–Kier alpha value is -3.10. The van der Waals surface area contributed by atoms with Crippen LogP contribution in [0.15, 0.2) is 91.3 Å². The summed E-state index contributed by atoms with van der Waals surface area (Å²) in [6.07, 6.45) is 3.21. The minimum absolute atomic E-state index is 0.166. The maximum Gasteiger partial charge on any atom is 0.136 e. The SMILES string of the molecule is COc1ccc2ccccc2c1S(C)(=O)=NCCN=S(C)(=O)c1c(OC)ccc2ccccc12. The summed E-state index contributed by atoms with van der Waals surface area (Å²) in [5, 5.41) is 3.62. The van der Waals surface area contributed by atoms with Gasteiger partial charge in [-0.1, -0.05) is 60.7 Å². The van der Waals surface area contributed by atoms with Crippen LogP contribution in [0.2, 0.25) is 0 Å². The summed E-state index contributed by atoms with van der Waals surface area (Å²) in [7, 11) is -2.46. The Kier molecular flexibility index (Phi) is 6.81. The summed E-state index contributed by atoms with van der Waals surface area (Å²) in [4.78, 5) is 1.14. The molecule has 2 atom stereocenters. The van der Waals surface area contributed by atoms with E-state index >= 15 is 0 Å². The van der Waals surface area contributed by atoms with Gasteiger partial charge in [-0.05, 0) is 22.9 Å². The van der Waals surface area contributed by atoms with Crippen LogP contribution in [0.1, 0.15) is 0 Å². The van der Waals surface area contributed by atoms with Crippen molar-refractivity contribution in [3.63, 3.8) is 0 Å². The van der Waals surface area contributed by atoms with Gasteiger partial charge in [0.25, 0.3) is 0 Å². The molecule has 0 radical (unpaired) electrons. The molecule has 4 rings (SSSR count). The van der Waals surface area contributed by atoms with Crippen LogP contribution in [-0.2, 0) is 19.5 Å². The van der Waals surface area contributed by atoms with Gasteiger partial charge in [-0.3, -0.25) is 0 Å². The first kappa shape index (κ1) is 24.0. The maximum absolute atomic E-state index is 13.7. The standard InChI is InChI=1S/C26H28N2O4S2/c1-31-23-15-13-19-9-5-7-11-21(19)25(23)33(3,29)27-17-18-28-34(4,30)26-22-12-8-6-10-20(22)14-16-24(26)32-2/h5-16H,17-18H2,1-4H3. The zero-order valence-electron chi connectivity index (χ0n) is 19.7. The molecule has 6 nitrogen and oxygen atoms in total. The first-order valence-electron chi connectivity index (χ1n) is 10.8. The first-order valence-corrected chi connectivity index (χ1v) is 14.6. The second kappa shape index (κ2) is 9.64. The van der Waals surface area contributed by atoms with Crippen molar-refractivity contribution in [3.8, 4) is 11.5 Å². The lowest BCUT2D eigenvalue weighted by Gasteiger charge is -2.14. The molecular formula is C26H28N2O4S2. The number of hydrogen-bond acceptors (Lipinski definition) is 6. The van der Waals surface area contributed by atoms with E-state index in [1.807, 2.05) is 72.8 Å². The molecular weight excluding hydrogens is 468 g/mol. The van der Waals surface area contributed by atoms with E-state index in [0.29, 0.717) is 21.3 Å². The topological polar surface area (TPSA) is 77.3 Å². The molecule has 2 unspecified atom stereocenters. The molecule has 0 aliphatic heterocycles. The van der Waals surface area contributed by atoms with Crippen molar-refractivity contribution in [1.29, 1.82) is 0 Å². The van der Waals surface area contributed by atoms with Crippen molar-refractivity contribution in [2.75, 3.05) is 39.8 Å². The van der Waals surface area contributed by atoms with Crippen LogP contribution in [-0.4, -0.2) is 48.2 Å². The highest BCUT2D eigenvalue weighted by Crippen LogP contribution is 2.34. The minimum Gasteiger partial charge on any atom is -0.495 e. The summed E-state index contributed by atoms with van der Waals surface area (Å²) in [6, 6.07) is 22.9. The van der Waals surface area contributed by atoms with Crippen molar-refractivity contribution < 1.29 is 17.9 Å². The number of ether oxygens (including phenoxy) is 2. The molecule has 0 saturated heterocycles. The molecule has 0 N–H and O–H groups in total. The van der Waals surface area contributed by atoms with E-state index in [1.165, 1.54) is 0 Å². The van der Waals surface area contributed by atoms with Gasteiger partial charge in [-0.15, -0.1) is 0 Å². The van der Waals surface area contributed by atoms with E-state index in [-0.39, 0.29) is 13.1 Å². The summed E-state index contributed by atoms with van der Waals surface area (Å²) in [6.45, 7) is 0.333. The highest BCUT2D eigenvalue weighted by molar-refractivity contribution is 7.93. The molecule has 0 fully saturated rings. The molecule has 0 amide bonds. The van der Waals surface area contributed by atoms with E-state index in [2.05, 4.69) is 8.73 Å². The lowest BCUT2D eigenvalue weighted by atomic mass is 10.1. The molecule has 0 aliphatic carbocycles. The Morgan fingerprint density at radius 3 is 1.38 bits per heavy atom. The quantitative estimate of drug-likeness (QED) is 0.311. The summed E-state index contributed by atoms with van der Waals surface area (Å²) >= 11 is 0. The normalized spacial score (nSPS) is 14.8. The number of fused-ring (bicyclic) bond motifs is 2. The molecule has 4 aromatic carbocycles. The fraction of sp³-hybridized carbons (Fsp3) is 0.231. The van der Waals surface area contributed by atoms with Crippen molar-refractivity contribution in [3.05, 3.63) is 72.8 Å². The van der Waals surface area contributed by atoms with Gasteiger partial charge in [0.2, 0.25) is 0 Å². The average Bonchev–Trinajstić information content (AvgIpc) is 2.85. The predicted molar refractivity (Wildman–Crippen MR) is 140 cm³/mol. The van der Waals surface area contributed by atoms with Crippen LogP contribution in [0, 0.1) is 0 Å². The molecule has 4 aromatic rings. The number of methoxy groups -OCH3 is 2. The van der Waals surface area contributed by atoms with E-state index < -0.39 is 19.5 Å². The molecule has 0 heterocycles. The average molecular weight is 497 g/mol. The van der Waals surface area contributed by atoms with Gasteiger partial charge in [0.1, 0.15) is 11.5 Å². The number of hydrogen-bond donors (Lipinski definition) is 0. The third kappa shape index (κ3) is 4.60. The summed E-state index contributed by atoms with van der Waals surface area (Å²) < 4.78 is 47.3. The first-order chi connectivity index (χ1) is 16.3. The van der Waals surface area contributed by atoms with Gasteiger partial charge < -0.3 is 9.47 Å². The monoisotopic (exact) mass is 496 g/mol. The zero-order valence-corrected chi connectivity index (χ0v) is 21.3. The summed E-state index contributed by atoms with van der Waals surface area (Å²) in [5.41, 5.74) is 0. The number of rotatable bonds is 7. The molecule has 0 saturated carbocycles. The molecule has 34 heavy (non-hydrogen) atoms. The van der Waals surface area contributed by atoms with E-state index in [0.717, 1.165) is 21.5 Å². The number of nitrogens with zero attached hydrogens (tertiary/aromatic N) is 2. The van der Waals surface area contributed by atoms with Crippen LogP contribution in [0.3, 0.4) is 0 Å². The van der Waals surface area contributed by atoms with Crippen LogP contribution in [0.4, 0.5) is 0 Å². The Morgan fingerprint density at radius 2 is 1.00 bits per heavy atom. The zero-order chi connectivity index (χ0) is 24.3. The van der Waals surface area contributed by atoms with Crippen molar-refractivity contribution in [1.82, 2.24) is 0 Å². The molecule has 0 spiro atoms. The second-order valence-corrected chi connectivity index (χ2v) is 12.5. The maximum atomic E-state index is 13.7. The fourth-order valence-electron chi connectivity index (χ4n) is 4.11. The van der Waals surface area contributed by atoms with E-state index in [9.17, 15) is 8.42 Å². The van der Waals surface area contributed by atoms with Gasteiger partial charge >= 0.3 is 0 Å². The van der Waals surface area contributed by atoms with Crippen molar-refractivity contribution in [2.45, 2.75) is 9.79 Å². The molecule has 0 aliphatic rings. The van der Waals surface area contributed by atoms with Crippen LogP contribution in [0.25, 0.3) is 21.5 Å². The highest BCUT2D eigenvalue weighted by atomic mass is 32.2. The van der Waals surface area contributed by atoms with Gasteiger partial charge in [-0.25, -0.2) is 17.1 Å². The minimum atomic E-state index is -2.79. The Labute approximate surface area is 201 Å². The lowest BCUT2D eigenvalue weighted by molar-refractivity contribution is 0.405.